The van der Waals surface area contributed by atoms with Gasteiger partial charge in [0.2, 0.25) is 0 Å². The summed E-state index contributed by atoms with van der Waals surface area (Å²) in [5.41, 5.74) is 1.96. The van der Waals surface area contributed by atoms with Gasteiger partial charge in [-0.25, -0.2) is 4.98 Å². The Labute approximate surface area is 142 Å². The Morgan fingerprint density at radius 3 is 2.70 bits per heavy atom. The molecule has 3 rings (SSSR count). The van der Waals surface area contributed by atoms with Gasteiger partial charge in [-0.05, 0) is 18.2 Å². The Morgan fingerprint density at radius 1 is 1.22 bits per heavy atom. The van der Waals surface area contributed by atoms with Crippen LogP contribution in [-0.4, -0.2) is 18.0 Å². The van der Waals surface area contributed by atoms with E-state index in [2.05, 4.69) is 10.3 Å². The van der Waals surface area contributed by atoms with Crippen LogP contribution in [0.25, 0.3) is 10.6 Å². The molecule has 116 valence electrons. The van der Waals surface area contributed by atoms with Crippen LogP contribution in [0.5, 0.6) is 5.75 Å². The Balaban J connectivity index is 1.76. The summed E-state index contributed by atoms with van der Waals surface area (Å²) >= 11 is 7.49. The molecule has 4 nitrogen and oxygen atoms in total. The molecule has 1 heterocycles. The molecule has 0 saturated carbocycles. The SMILES string of the molecule is COc1ccc(NC(=O)c2csc(-c3ccccc3)n2)cc1Cl. The average molecular weight is 345 g/mol. The van der Waals surface area contributed by atoms with Crippen molar-refractivity contribution in [2.45, 2.75) is 0 Å². The lowest BCUT2D eigenvalue weighted by atomic mass is 10.2. The highest BCUT2D eigenvalue weighted by molar-refractivity contribution is 7.13. The number of methoxy groups -OCH3 is 1. The van der Waals surface area contributed by atoms with E-state index in [1.165, 1.54) is 11.3 Å². The molecular formula is C17H13ClN2O2S. The molecular weight excluding hydrogens is 332 g/mol. The van der Waals surface area contributed by atoms with Crippen LogP contribution in [0.15, 0.2) is 53.9 Å². The molecule has 1 N–H and O–H groups in total. The second-order valence-corrected chi connectivity index (χ2v) is 5.97. The standard InChI is InChI=1S/C17H13ClN2O2S/c1-22-15-8-7-12(9-13(15)18)19-16(21)14-10-23-17(20-14)11-5-3-2-4-6-11/h2-10H,1H3,(H,19,21). The average Bonchev–Trinajstić information content (AvgIpc) is 3.06. The largest absolute Gasteiger partial charge is 0.495 e. The number of ether oxygens (including phenoxy) is 1. The summed E-state index contributed by atoms with van der Waals surface area (Å²) in [5, 5.41) is 5.77. The molecule has 0 aliphatic rings. The number of halogens is 1. The number of amides is 1. The summed E-state index contributed by atoms with van der Waals surface area (Å²) < 4.78 is 5.09. The van der Waals surface area contributed by atoms with Gasteiger partial charge in [-0.3, -0.25) is 4.79 Å². The lowest BCUT2D eigenvalue weighted by Crippen LogP contribution is -2.12. The van der Waals surface area contributed by atoms with E-state index in [0.29, 0.717) is 22.2 Å². The minimum Gasteiger partial charge on any atom is -0.495 e. The fraction of sp³-hybridized carbons (Fsp3) is 0.0588. The van der Waals surface area contributed by atoms with Crippen LogP contribution in [0.4, 0.5) is 5.69 Å². The van der Waals surface area contributed by atoms with Gasteiger partial charge in [0.25, 0.3) is 5.91 Å². The minimum atomic E-state index is -0.273. The maximum absolute atomic E-state index is 12.3. The van der Waals surface area contributed by atoms with Gasteiger partial charge in [-0.1, -0.05) is 41.9 Å². The number of hydrogen-bond acceptors (Lipinski definition) is 4. The maximum Gasteiger partial charge on any atom is 0.275 e. The predicted molar refractivity (Wildman–Crippen MR) is 93.5 cm³/mol. The minimum absolute atomic E-state index is 0.273. The van der Waals surface area contributed by atoms with Crippen molar-refractivity contribution >= 4 is 34.5 Å². The first-order valence-electron chi connectivity index (χ1n) is 6.83. The zero-order valence-corrected chi connectivity index (χ0v) is 13.8. The van der Waals surface area contributed by atoms with Gasteiger partial charge in [0, 0.05) is 16.6 Å². The highest BCUT2D eigenvalue weighted by Crippen LogP contribution is 2.28. The van der Waals surface area contributed by atoms with Crippen molar-refractivity contribution in [1.29, 1.82) is 0 Å². The molecule has 0 aliphatic heterocycles. The topological polar surface area (TPSA) is 51.2 Å². The van der Waals surface area contributed by atoms with Crippen molar-refractivity contribution in [3.63, 3.8) is 0 Å². The molecule has 0 saturated heterocycles. The van der Waals surface area contributed by atoms with E-state index >= 15 is 0 Å². The van der Waals surface area contributed by atoms with Crippen LogP contribution in [0.2, 0.25) is 5.02 Å². The summed E-state index contributed by atoms with van der Waals surface area (Å²) in [6, 6.07) is 14.8. The van der Waals surface area contributed by atoms with Crippen molar-refractivity contribution in [2.24, 2.45) is 0 Å². The number of hydrogen-bond donors (Lipinski definition) is 1. The van der Waals surface area contributed by atoms with E-state index in [1.54, 1.807) is 30.7 Å². The van der Waals surface area contributed by atoms with Crippen LogP contribution < -0.4 is 10.1 Å². The summed E-state index contributed by atoms with van der Waals surface area (Å²) in [5.74, 6) is 0.286. The van der Waals surface area contributed by atoms with Gasteiger partial charge in [-0.2, -0.15) is 0 Å². The Bertz CT molecular complexity index is 834. The van der Waals surface area contributed by atoms with Gasteiger partial charge in [-0.15, -0.1) is 11.3 Å². The van der Waals surface area contributed by atoms with Gasteiger partial charge < -0.3 is 10.1 Å². The molecule has 3 aromatic rings. The number of nitrogens with one attached hydrogen (secondary N) is 1. The Hall–Kier alpha value is -2.37. The van der Waals surface area contributed by atoms with E-state index in [1.807, 2.05) is 30.3 Å². The quantitative estimate of drug-likeness (QED) is 0.744. The van der Waals surface area contributed by atoms with Crippen molar-refractivity contribution < 1.29 is 9.53 Å². The third-order valence-electron chi connectivity index (χ3n) is 3.17. The second-order valence-electron chi connectivity index (χ2n) is 4.71. The predicted octanol–water partition coefficient (Wildman–Crippen LogP) is 4.72. The molecule has 23 heavy (non-hydrogen) atoms. The molecule has 0 unspecified atom stereocenters. The maximum atomic E-state index is 12.3. The first-order valence-corrected chi connectivity index (χ1v) is 8.09. The number of thiazole rings is 1. The molecule has 0 atom stereocenters. The number of aromatic nitrogens is 1. The summed E-state index contributed by atoms with van der Waals surface area (Å²) in [4.78, 5) is 16.7. The molecule has 0 fully saturated rings. The van der Waals surface area contributed by atoms with Crippen molar-refractivity contribution in [3.05, 3.63) is 64.6 Å². The lowest BCUT2D eigenvalue weighted by Gasteiger charge is -2.06. The van der Waals surface area contributed by atoms with Gasteiger partial charge >= 0.3 is 0 Å². The first-order chi connectivity index (χ1) is 11.2. The molecule has 0 radical (unpaired) electrons. The van der Waals surface area contributed by atoms with Crippen LogP contribution in [0, 0.1) is 0 Å². The van der Waals surface area contributed by atoms with E-state index in [9.17, 15) is 4.79 Å². The van der Waals surface area contributed by atoms with E-state index < -0.39 is 0 Å². The molecule has 1 aromatic heterocycles. The van der Waals surface area contributed by atoms with Crippen LogP contribution in [-0.2, 0) is 0 Å². The van der Waals surface area contributed by atoms with E-state index in [-0.39, 0.29) is 5.91 Å². The zero-order valence-electron chi connectivity index (χ0n) is 12.2. The monoisotopic (exact) mass is 344 g/mol. The number of benzene rings is 2. The fourth-order valence-electron chi connectivity index (χ4n) is 2.03. The molecule has 2 aromatic carbocycles. The van der Waals surface area contributed by atoms with E-state index in [4.69, 9.17) is 16.3 Å². The molecule has 1 amide bonds. The normalized spacial score (nSPS) is 10.3. The lowest BCUT2D eigenvalue weighted by molar-refractivity contribution is 0.102. The van der Waals surface area contributed by atoms with Crippen molar-refractivity contribution in [3.8, 4) is 16.3 Å². The van der Waals surface area contributed by atoms with Gasteiger partial charge in [0.05, 0.1) is 12.1 Å². The van der Waals surface area contributed by atoms with Crippen LogP contribution >= 0.6 is 22.9 Å². The van der Waals surface area contributed by atoms with Gasteiger partial charge in [0.15, 0.2) is 0 Å². The van der Waals surface area contributed by atoms with E-state index in [0.717, 1.165) is 10.6 Å². The number of nitrogens with zero attached hydrogens (tertiary/aromatic N) is 1. The summed E-state index contributed by atoms with van der Waals surface area (Å²) in [7, 11) is 1.54. The first kappa shape index (κ1) is 15.5. The molecule has 0 spiro atoms. The molecule has 6 heteroatoms. The van der Waals surface area contributed by atoms with Crippen molar-refractivity contribution in [1.82, 2.24) is 4.98 Å². The Kier molecular flexibility index (Phi) is 4.60. The van der Waals surface area contributed by atoms with Crippen LogP contribution in [0.3, 0.4) is 0 Å². The zero-order chi connectivity index (χ0) is 16.2. The fourth-order valence-corrected chi connectivity index (χ4v) is 3.09. The summed E-state index contributed by atoms with van der Waals surface area (Å²) in [6.07, 6.45) is 0. The number of carbonyl (C=O) groups is 1. The Morgan fingerprint density at radius 2 is 2.00 bits per heavy atom. The number of rotatable bonds is 4. The van der Waals surface area contributed by atoms with Crippen molar-refractivity contribution in [2.75, 3.05) is 12.4 Å². The molecule has 0 bridgehead atoms. The third-order valence-corrected chi connectivity index (χ3v) is 4.35. The number of anilines is 1. The second kappa shape index (κ2) is 6.81. The van der Waals surface area contributed by atoms with Gasteiger partial charge in [0.1, 0.15) is 16.5 Å². The third kappa shape index (κ3) is 3.52. The summed E-state index contributed by atoms with van der Waals surface area (Å²) in [6.45, 7) is 0. The van der Waals surface area contributed by atoms with Crippen LogP contribution in [0.1, 0.15) is 10.5 Å². The highest BCUT2D eigenvalue weighted by atomic mass is 35.5. The smallest absolute Gasteiger partial charge is 0.275 e. The highest BCUT2D eigenvalue weighted by Gasteiger charge is 2.13. The number of carbonyl (C=O) groups excluding carboxylic acids is 1. The molecule has 0 aliphatic carbocycles.